The molecule has 6 nitrogen and oxygen atoms in total. The van der Waals surface area contributed by atoms with E-state index in [1.165, 1.54) is 12.8 Å². The highest BCUT2D eigenvalue weighted by Crippen LogP contribution is 2.31. The molecule has 7 heteroatoms. The molecule has 0 radical (unpaired) electrons. The number of amides is 1. The summed E-state index contributed by atoms with van der Waals surface area (Å²) < 4.78 is 8.39. The number of carbonyl (C=O) groups excluding carboxylic acids is 1. The first kappa shape index (κ1) is 18.9. The SMILES string of the molecule is COc1ccc(Br)cc1C[NH+](C)CC(=O)Nc1ccnn1C1CCCC1. The molecule has 0 spiro atoms. The molecule has 1 unspecified atom stereocenters. The quantitative estimate of drug-likeness (QED) is 0.721. The molecule has 3 rings (SSSR count). The minimum atomic E-state index is -0.00351. The average molecular weight is 422 g/mol. The predicted octanol–water partition coefficient (Wildman–Crippen LogP) is 2.42. The summed E-state index contributed by atoms with van der Waals surface area (Å²) in [6, 6.07) is 8.22. The number of rotatable bonds is 7. The van der Waals surface area contributed by atoms with Gasteiger partial charge < -0.3 is 15.0 Å². The number of halogens is 1. The topological polar surface area (TPSA) is 60.6 Å². The Bertz CT molecular complexity index is 756. The van der Waals surface area contributed by atoms with Crippen LogP contribution >= 0.6 is 15.9 Å². The number of ether oxygens (including phenoxy) is 1. The number of nitrogens with one attached hydrogen (secondary N) is 2. The Morgan fingerprint density at radius 3 is 2.88 bits per heavy atom. The van der Waals surface area contributed by atoms with E-state index in [2.05, 4.69) is 26.3 Å². The van der Waals surface area contributed by atoms with Gasteiger partial charge in [0, 0.05) is 16.1 Å². The van der Waals surface area contributed by atoms with Crippen molar-refractivity contribution in [2.24, 2.45) is 0 Å². The fourth-order valence-electron chi connectivity index (χ4n) is 3.59. The summed E-state index contributed by atoms with van der Waals surface area (Å²) in [5, 5.41) is 7.43. The number of benzene rings is 1. The first-order valence-electron chi connectivity index (χ1n) is 9.04. The number of hydrogen-bond acceptors (Lipinski definition) is 3. The molecular weight excluding hydrogens is 396 g/mol. The van der Waals surface area contributed by atoms with Crippen molar-refractivity contribution in [2.75, 3.05) is 26.0 Å². The zero-order chi connectivity index (χ0) is 18.5. The Labute approximate surface area is 162 Å². The summed E-state index contributed by atoms with van der Waals surface area (Å²) >= 11 is 3.49. The molecular formula is C19H26BrN4O2+. The van der Waals surface area contributed by atoms with E-state index in [4.69, 9.17) is 4.74 Å². The lowest BCUT2D eigenvalue weighted by Gasteiger charge is -2.17. The van der Waals surface area contributed by atoms with Gasteiger partial charge in [0.05, 0.1) is 26.4 Å². The van der Waals surface area contributed by atoms with Crippen LogP contribution < -0.4 is 15.0 Å². The average Bonchev–Trinajstić information content (AvgIpc) is 3.25. The Kier molecular flexibility index (Phi) is 6.32. The molecule has 140 valence electrons. The molecule has 26 heavy (non-hydrogen) atoms. The van der Waals surface area contributed by atoms with Crippen molar-refractivity contribution in [1.29, 1.82) is 0 Å². The van der Waals surface area contributed by atoms with Crippen molar-refractivity contribution in [3.8, 4) is 5.75 Å². The van der Waals surface area contributed by atoms with Gasteiger partial charge in [0.25, 0.3) is 5.91 Å². The molecule has 1 aromatic carbocycles. The zero-order valence-corrected chi connectivity index (χ0v) is 16.9. The van der Waals surface area contributed by atoms with Crippen LogP contribution in [-0.2, 0) is 11.3 Å². The van der Waals surface area contributed by atoms with E-state index in [-0.39, 0.29) is 5.91 Å². The van der Waals surface area contributed by atoms with Crippen molar-refractivity contribution in [2.45, 2.75) is 38.3 Å². The van der Waals surface area contributed by atoms with E-state index in [0.29, 0.717) is 19.1 Å². The van der Waals surface area contributed by atoms with Gasteiger partial charge in [-0.25, -0.2) is 4.68 Å². The maximum atomic E-state index is 12.5. The van der Waals surface area contributed by atoms with Crippen molar-refractivity contribution in [1.82, 2.24) is 9.78 Å². The summed E-state index contributed by atoms with van der Waals surface area (Å²) in [4.78, 5) is 13.6. The molecule has 1 saturated carbocycles. The van der Waals surface area contributed by atoms with Crippen LogP contribution in [0.2, 0.25) is 0 Å². The summed E-state index contributed by atoms with van der Waals surface area (Å²) in [7, 11) is 3.67. The molecule has 1 amide bonds. The Balaban J connectivity index is 1.58. The van der Waals surface area contributed by atoms with Crippen molar-refractivity contribution in [3.63, 3.8) is 0 Å². The van der Waals surface area contributed by atoms with Crippen LogP contribution in [0.4, 0.5) is 5.82 Å². The Morgan fingerprint density at radius 2 is 2.15 bits per heavy atom. The van der Waals surface area contributed by atoms with Gasteiger partial charge in [0.2, 0.25) is 0 Å². The summed E-state index contributed by atoms with van der Waals surface area (Å²) in [5.41, 5.74) is 1.07. The lowest BCUT2D eigenvalue weighted by Crippen LogP contribution is -3.08. The molecule has 0 bridgehead atoms. The van der Waals surface area contributed by atoms with Gasteiger partial charge in [0.15, 0.2) is 6.54 Å². The number of likely N-dealkylation sites (N-methyl/N-ethyl adjacent to an activating group) is 1. The lowest BCUT2D eigenvalue weighted by atomic mass is 10.2. The minimum Gasteiger partial charge on any atom is -0.496 e. The normalized spacial score (nSPS) is 15.8. The van der Waals surface area contributed by atoms with Crippen LogP contribution in [-0.4, -0.2) is 36.4 Å². The maximum absolute atomic E-state index is 12.5. The largest absolute Gasteiger partial charge is 0.496 e. The standard InChI is InChI=1S/C19H25BrN4O2/c1-23(12-14-11-15(20)7-8-17(14)26-2)13-19(25)22-18-9-10-21-24(18)16-5-3-4-6-16/h7-11,16H,3-6,12-13H2,1-2H3,(H,22,25)/p+1. The highest BCUT2D eigenvalue weighted by atomic mass is 79.9. The molecule has 2 aromatic rings. The molecule has 2 N–H and O–H groups in total. The number of nitrogens with zero attached hydrogens (tertiary/aromatic N) is 2. The lowest BCUT2D eigenvalue weighted by molar-refractivity contribution is -0.885. The Hall–Kier alpha value is -1.86. The third-order valence-corrected chi connectivity index (χ3v) is 5.30. The zero-order valence-electron chi connectivity index (χ0n) is 15.3. The second-order valence-electron chi connectivity index (χ2n) is 6.91. The fraction of sp³-hybridized carbons (Fsp3) is 0.474. The first-order valence-corrected chi connectivity index (χ1v) is 9.83. The van der Waals surface area contributed by atoms with E-state index in [1.807, 2.05) is 36.0 Å². The number of methoxy groups -OCH3 is 1. The highest BCUT2D eigenvalue weighted by Gasteiger charge is 2.21. The van der Waals surface area contributed by atoms with Crippen LogP contribution in [0.15, 0.2) is 34.9 Å². The van der Waals surface area contributed by atoms with Crippen LogP contribution in [0.5, 0.6) is 5.75 Å². The van der Waals surface area contributed by atoms with E-state index in [9.17, 15) is 4.79 Å². The number of aromatic nitrogens is 2. The van der Waals surface area contributed by atoms with Crippen molar-refractivity contribution < 1.29 is 14.4 Å². The number of carbonyl (C=O) groups is 1. The molecule has 0 saturated heterocycles. The number of hydrogen-bond donors (Lipinski definition) is 2. The van der Waals surface area contributed by atoms with Gasteiger partial charge in [0.1, 0.15) is 18.1 Å². The van der Waals surface area contributed by atoms with E-state index in [1.54, 1.807) is 13.3 Å². The summed E-state index contributed by atoms with van der Waals surface area (Å²) in [6.07, 6.45) is 6.51. The molecule has 1 aliphatic rings. The molecule has 1 aliphatic carbocycles. The second-order valence-corrected chi connectivity index (χ2v) is 7.83. The summed E-state index contributed by atoms with van der Waals surface area (Å²) in [5.74, 6) is 1.64. The van der Waals surface area contributed by atoms with Crippen molar-refractivity contribution >= 4 is 27.7 Å². The first-order chi connectivity index (χ1) is 12.6. The summed E-state index contributed by atoms with van der Waals surface area (Å²) in [6.45, 7) is 1.09. The van der Waals surface area contributed by atoms with Crippen LogP contribution in [0.1, 0.15) is 37.3 Å². The predicted molar refractivity (Wildman–Crippen MR) is 105 cm³/mol. The molecule has 1 aromatic heterocycles. The minimum absolute atomic E-state index is 0.00351. The maximum Gasteiger partial charge on any atom is 0.280 e. The van der Waals surface area contributed by atoms with Crippen LogP contribution in [0.3, 0.4) is 0 Å². The van der Waals surface area contributed by atoms with Crippen molar-refractivity contribution in [3.05, 3.63) is 40.5 Å². The third-order valence-electron chi connectivity index (χ3n) is 4.81. The van der Waals surface area contributed by atoms with Gasteiger partial charge in [-0.2, -0.15) is 5.10 Å². The van der Waals surface area contributed by atoms with Gasteiger partial charge in [-0.15, -0.1) is 0 Å². The number of quaternary nitrogens is 1. The van der Waals surface area contributed by atoms with E-state index < -0.39 is 0 Å². The second kappa shape index (κ2) is 8.68. The third kappa shape index (κ3) is 4.65. The van der Waals surface area contributed by atoms with Gasteiger partial charge in [-0.3, -0.25) is 4.79 Å². The molecule has 1 heterocycles. The molecule has 0 aliphatic heterocycles. The van der Waals surface area contributed by atoms with Crippen LogP contribution in [0.25, 0.3) is 0 Å². The molecule has 1 atom stereocenters. The van der Waals surface area contributed by atoms with Gasteiger partial charge >= 0.3 is 0 Å². The molecule has 1 fully saturated rings. The highest BCUT2D eigenvalue weighted by molar-refractivity contribution is 9.10. The van der Waals surface area contributed by atoms with E-state index in [0.717, 1.165) is 39.3 Å². The monoisotopic (exact) mass is 421 g/mol. The van der Waals surface area contributed by atoms with E-state index >= 15 is 0 Å². The smallest absolute Gasteiger partial charge is 0.280 e. The van der Waals surface area contributed by atoms with Gasteiger partial charge in [-0.1, -0.05) is 28.8 Å². The Morgan fingerprint density at radius 1 is 1.38 bits per heavy atom. The van der Waals surface area contributed by atoms with Gasteiger partial charge in [-0.05, 0) is 31.0 Å². The fourth-order valence-corrected chi connectivity index (χ4v) is 4.00. The van der Waals surface area contributed by atoms with Crippen LogP contribution in [0, 0.1) is 0 Å². The number of anilines is 1.